The second kappa shape index (κ2) is 4.83. The Morgan fingerprint density at radius 2 is 2.05 bits per heavy atom. The molecule has 0 bridgehead atoms. The maximum atomic E-state index is 12.5. The van der Waals surface area contributed by atoms with Crippen molar-refractivity contribution in [2.75, 3.05) is 7.11 Å². The number of halogens is 3. The Morgan fingerprint density at radius 3 is 2.62 bits per heavy atom. The van der Waals surface area contributed by atoms with Crippen molar-refractivity contribution >= 4 is 0 Å². The van der Waals surface area contributed by atoms with E-state index in [9.17, 15) is 13.2 Å². The summed E-state index contributed by atoms with van der Waals surface area (Å²) in [6.07, 6.45) is -1.00. The van der Waals surface area contributed by atoms with Gasteiger partial charge in [0.1, 0.15) is 11.3 Å². The maximum Gasteiger partial charge on any atom is 0.432 e. The van der Waals surface area contributed by atoms with E-state index >= 15 is 0 Å². The molecule has 0 unspecified atom stereocenters. The van der Waals surface area contributed by atoms with Gasteiger partial charge in [-0.3, -0.25) is 5.10 Å². The monoisotopic (exact) mass is 302 g/mol. The fourth-order valence-corrected chi connectivity index (χ4v) is 2.55. The predicted molar refractivity (Wildman–Crippen MR) is 64.0 cm³/mol. The summed E-state index contributed by atoms with van der Waals surface area (Å²) >= 11 is 0. The molecule has 6 nitrogen and oxygen atoms in total. The summed E-state index contributed by atoms with van der Waals surface area (Å²) in [6.45, 7) is 0. The standard InChI is InChI=1S/C12H13F3N4O2/c1-20-11(4-2-3-5-11)10-16-9(21-19-10)7-6-8(18-17-7)12(13,14)15/h6H,2-5H2,1H3,(H,17,18). The molecule has 2 aromatic heterocycles. The van der Waals surface area contributed by atoms with Crippen LogP contribution in [0, 0.1) is 0 Å². The highest BCUT2D eigenvalue weighted by atomic mass is 19.4. The number of rotatable bonds is 3. The first-order valence-corrected chi connectivity index (χ1v) is 6.47. The number of hydrogen-bond acceptors (Lipinski definition) is 5. The number of alkyl halides is 3. The van der Waals surface area contributed by atoms with E-state index in [0.717, 1.165) is 31.7 Å². The maximum absolute atomic E-state index is 12.5. The Kier molecular flexibility index (Phi) is 3.23. The summed E-state index contributed by atoms with van der Waals surface area (Å²) in [5, 5.41) is 9.31. The first-order valence-electron chi connectivity index (χ1n) is 6.47. The Morgan fingerprint density at radius 1 is 1.33 bits per heavy atom. The van der Waals surface area contributed by atoms with E-state index in [2.05, 4.69) is 15.2 Å². The minimum atomic E-state index is -4.49. The molecule has 0 aromatic carbocycles. The van der Waals surface area contributed by atoms with Crippen molar-refractivity contribution in [3.05, 3.63) is 17.6 Å². The second-order valence-corrected chi connectivity index (χ2v) is 4.99. The van der Waals surface area contributed by atoms with E-state index in [-0.39, 0.29) is 11.6 Å². The fraction of sp³-hybridized carbons (Fsp3) is 0.583. The van der Waals surface area contributed by atoms with Gasteiger partial charge in [0.2, 0.25) is 5.82 Å². The van der Waals surface area contributed by atoms with Gasteiger partial charge in [-0.05, 0) is 25.7 Å². The quantitative estimate of drug-likeness (QED) is 0.943. The third-order valence-corrected chi connectivity index (χ3v) is 3.74. The molecule has 2 aromatic rings. The largest absolute Gasteiger partial charge is 0.432 e. The number of nitrogens with zero attached hydrogens (tertiary/aromatic N) is 3. The first kappa shape index (κ1) is 14.1. The third-order valence-electron chi connectivity index (χ3n) is 3.74. The normalized spacial score (nSPS) is 18.3. The molecule has 0 radical (unpaired) electrons. The molecule has 2 heterocycles. The van der Waals surface area contributed by atoms with Crippen LogP contribution in [0.4, 0.5) is 13.2 Å². The molecule has 0 saturated heterocycles. The summed E-state index contributed by atoms with van der Waals surface area (Å²) in [4.78, 5) is 4.15. The van der Waals surface area contributed by atoms with Crippen LogP contribution >= 0.6 is 0 Å². The predicted octanol–water partition coefficient (Wildman–Crippen LogP) is 2.89. The molecule has 1 N–H and O–H groups in total. The molecule has 114 valence electrons. The van der Waals surface area contributed by atoms with Crippen LogP contribution in [-0.4, -0.2) is 27.4 Å². The van der Waals surface area contributed by atoms with E-state index < -0.39 is 17.5 Å². The van der Waals surface area contributed by atoms with Crippen molar-refractivity contribution < 1.29 is 22.4 Å². The molecule has 1 aliphatic rings. The minimum absolute atomic E-state index is 0.0367. The van der Waals surface area contributed by atoms with Gasteiger partial charge in [-0.2, -0.15) is 23.3 Å². The number of H-pyrrole nitrogens is 1. The van der Waals surface area contributed by atoms with Gasteiger partial charge in [0.15, 0.2) is 5.69 Å². The topological polar surface area (TPSA) is 76.8 Å². The zero-order valence-corrected chi connectivity index (χ0v) is 11.2. The Balaban J connectivity index is 1.90. The van der Waals surface area contributed by atoms with Gasteiger partial charge in [0, 0.05) is 13.2 Å². The Bertz CT molecular complexity index is 628. The van der Waals surface area contributed by atoms with Crippen molar-refractivity contribution in [3.8, 4) is 11.6 Å². The molecular weight excluding hydrogens is 289 g/mol. The van der Waals surface area contributed by atoms with Crippen LogP contribution in [0.15, 0.2) is 10.6 Å². The third kappa shape index (κ3) is 2.41. The Labute approximate surface area is 117 Å². The summed E-state index contributed by atoms with van der Waals surface area (Å²) < 4.78 is 48.1. The SMILES string of the molecule is COC1(c2noc(-c3cc(C(F)(F)F)[nH]n3)n2)CCCC1. The van der Waals surface area contributed by atoms with Gasteiger partial charge in [0.05, 0.1) is 0 Å². The van der Waals surface area contributed by atoms with E-state index in [4.69, 9.17) is 9.26 Å². The first-order chi connectivity index (χ1) is 9.94. The highest BCUT2D eigenvalue weighted by Gasteiger charge is 2.40. The highest BCUT2D eigenvalue weighted by molar-refractivity contribution is 5.47. The van der Waals surface area contributed by atoms with E-state index in [1.165, 1.54) is 0 Å². The molecule has 3 rings (SSSR count). The number of aromatic amines is 1. The summed E-state index contributed by atoms with van der Waals surface area (Å²) in [5.41, 5.74) is -1.60. The van der Waals surface area contributed by atoms with E-state index in [1.807, 2.05) is 5.10 Å². The molecule has 1 saturated carbocycles. The van der Waals surface area contributed by atoms with Crippen molar-refractivity contribution in [1.29, 1.82) is 0 Å². The number of methoxy groups -OCH3 is 1. The van der Waals surface area contributed by atoms with Crippen LogP contribution in [-0.2, 0) is 16.5 Å². The van der Waals surface area contributed by atoms with Gasteiger partial charge in [-0.1, -0.05) is 5.16 Å². The van der Waals surface area contributed by atoms with Gasteiger partial charge < -0.3 is 9.26 Å². The number of nitrogens with one attached hydrogen (secondary N) is 1. The lowest BCUT2D eigenvalue weighted by atomic mass is 10.0. The van der Waals surface area contributed by atoms with E-state index in [0.29, 0.717) is 5.82 Å². The van der Waals surface area contributed by atoms with Gasteiger partial charge in [-0.15, -0.1) is 0 Å². The van der Waals surface area contributed by atoms with E-state index in [1.54, 1.807) is 7.11 Å². The fourth-order valence-electron chi connectivity index (χ4n) is 2.55. The zero-order chi connectivity index (χ0) is 15.1. The molecule has 0 spiro atoms. The molecule has 0 aliphatic heterocycles. The average molecular weight is 302 g/mol. The number of hydrogen-bond donors (Lipinski definition) is 1. The van der Waals surface area contributed by atoms with Crippen molar-refractivity contribution in [3.63, 3.8) is 0 Å². The summed E-state index contributed by atoms with van der Waals surface area (Å²) in [7, 11) is 1.57. The summed E-state index contributed by atoms with van der Waals surface area (Å²) in [5.74, 6) is 0.300. The molecular formula is C12H13F3N4O2. The molecule has 21 heavy (non-hydrogen) atoms. The van der Waals surface area contributed by atoms with Crippen LogP contribution in [0.2, 0.25) is 0 Å². The highest BCUT2D eigenvalue weighted by Crippen LogP contribution is 2.40. The number of aromatic nitrogens is 4. The van der Waals surface area contributed by atoms with Crippen LogP contribution in [0.1, 0.15) is 37.2 Å². The molecule has 9 heteroatoms. The van der Waals surface area contributed by atoms with Crippen molar-refractivity contribution in [1.82, 2.24) is 20.3 Å². The summed E-state index contributed by atoms with van der Waals surface area (Å²) in [6, 6.07) is 0.839. The molecule has 1 fully saturated rings. The Hall–Kier alpha value is -1.90. The van der Waals surface area contributed by atoms with Crippen LogP contribution < -0.4 is 0 Å². The van der Waals surface area contributed by atoms with Gasteiger partial charge >= 0.3 is 6.18 Å². The lowest BCUT2D eigenvalue weighted by Crippen LogP contribution is -2.25. The smallest absolute Gasteiger partial charge is 0.370 e. The second-order valence-electron chi connectivity index (χ2n) is 4.99. The van der Waals surface area contributed by atoms with Crippen molar-refractivity contribution in [2.45, 2.75) is 37.5 Å². The zero-order valence-electron chi connectivity index (χ0n) is 11.2. The van der Waals surface area contributed by atoms with Crippen molar-refractivity contribution in [2.24, 2.45) is 0 Å². The van der Waals surface area contributed by atoms with Crippen LogP contribution in [0.25, 0.3) is 11.6 Å². The minimum Gasteiger partial charge on any atom is -0.370 e. The molecule has 1 aliphatic carbocycles. The van der Waals surface area contributed by atoms with Gasteiger partial charge in [-0.25, -0.2) is 0 Å². The van der Waals surface area contributed by atoms with Crippen LogP contribution in [0.5, 0.6) is 0 Å². The van der Waals surface area contributed by atoms with Crippen LogP contribution in [0.3, 0.4) is 0 Å². The molecule has 0 atom stereocenters. The lowest BCUT2D eigenvalue weighted by molar-refractivity contribution is -0.141. The molecule has 0 amide bonds. The lowest BCUT2D eigenvalue weighted by Gasteiger charge is -2.22. The number of ether oxygens (including phenoxy) is 1. The average Bonchev–Trinajstić information content (AvgIpc) is 3.17. The van der Waals surface area contributed by atoms with Gasteiger partial charge in [0.25, 0.3) is 5.89 Å².